The molecule has 0 radical (unpaired) electrons. The molecule has 1 aromatic carbocycles. The highest BCUT2D eigenvalue weighted by atomic mass is 79.9. The molecule has 1 aromatic rings. The van der Waals surface area contributed by atoms with E-state index >= 15 is 0 Å². The van der Waals surface area contributed by atoms with E-state index in [0.717, 1.165) is 0 Å². The van der Waals surface area contributed by atoms with Gasteiger partial charge in [-0.2, -0.15) is 0 Å². The summed E-state index contributed by atoms with van der Waals surface area (Å²) < 4.78 is 26.8. The lowest BCUT2D eigenvalue weighted by Crippen LogP contribution is -2.32. The highest BCUT2D eigenvalue weighted by molar-refractivity contribution is 9.11. The summed E-state index contributed by atoms with van der Waals surface area (Å²) in [6.45, 7) is 3.66. The van der Waals surface area contributed by atoms with E-state index in [1.54, 1.807) is 44.2 Å². The van der Waals surface area contributed by atoms with Gasteiger partial charge in [-0.15, -0.1) is 0 Å². The standard InChI is InChI=1S/C13H18BrO5P/c1-4-18-20(16,19-5-2)13(14,12(15)17-3)11-9-7-6-8-10-11/h6-10H,4-5H2,1-3H3. The molecule has 0 saturated carbocycles. The predicted molar refractivity (Wildman–Crippen MR) is 79.9 cm³/mol. The van der Waals surface area contributed by atoms with Gasteiger partial charge in [0.1, 0.15) is 0 Å². The molecule has 7 heteroatoms. The van der Waals surface area contributed by atoms with Crippen LogP contribution in [0.4, 0.5) is 0 Å². The fourth-order valence-electron chi connectivity index (χ4n) is 1.74. The lowest BCUT2D eigenvalue weighted by molar-refractivity contribution is -0.141. The maximum absolute atomic E-state index is 13.0. The Hall–Kier alpha value is -0.680. The molecule has 0 saturated heterocycles. The fourth-order valence-corrected chi connectivity index (χ4v) is 4.67. The number of halogens is 1. The lowest BCUT2D eigenvalue weighted by atomic mass is 10.1. The van der Waals surface area contributed by atoms with Gasteiger partial charge in [-0.25, -0.2) is 4.79 Å². The van der Waals surface area contributed by atoms with Crippen molar-refractivity contribution in [3.63, 3.8) is 0 Å². The third-order valence-electron chi connectivity index (χ3n) is 2.59. The van der Waals surface area contributed by atoms with Crippen molar-refractivity contribution in [2.24, 2.45) is 0 Å². The second kappa shape index (κ2) is 7.36. The molecule has 0 N–H and O–H groups in total. The molecule has 112 valence electrons. The number of carbonyl (C=O) groups excluding carboxylic acids is 1. The molecule has 0 aromatic heterocycles. The van der Waals surface area contributed by atoms with E-state index in [1.807, 2.05) is 0 Å². The summed E-state index contributed by atoms with van der Waals surface area (Å²) in [6, 6.07) is 8.58. The number of carbonyl (C=O) groups is 1. The molecule has 20 heavy (non-hydrogen) atoms. The van der Waals surface area contributed by atoms with Crippen molar-refractivity contribution >= 4 is 29.5 Å². The SMILES string of the molecule is CCOP(=O)(OCC)C(Br)(C(=O)OC)c1ccccc1. The van der Waals surface area contributed by atoms with Crippen LogP contribution in [0.25, 0.3) is 0 Å². The van der Waals surface area contributed by atoms with Crippen LogP contribution in [0.15, 0.2) is 30.3 Å². The summed E-state index contributed by atoms with van der Waals surface area (Å²) in [4.78, 5) is 12.2. The van der Waals surface area contributed by atoms with Crippen LogP contribution in [-0.2, 0) is 27.2 Å². The minimum atomic E-state index is -3.79. The average Bonchev–Trinajstić information content (AvgIpc) is 2.46. The molecule has 0 heterocycles. The van der Waals surface area contributed by atoms with Crippen LogP contribution in [0, 0.1) is 0 Å². The first-order valence-electron chi connectivity index (χ1n) is 6.18. The molecule has 0 spiro atoms. The first kappa shape index (κ1) is 17.4. The van der Waals surface area contributed by atoms with Crippen molar-refractivity contribution in [2.45, 2.75) is 17.9 Å². The minimum absolute atomic E-state index is 0.147. The lowest BCUT2D eigenvalue weighted by Gasteiger charge is -2.32. The van der Waals surface area contributed by atoms with E-state index < -0.39 is 17.6 Å². The van der Waals surface area contributed by atoms with Crippen molar-refractivity contribution in [1.29, 1.82) is 0 Å². The summed E-state index contributed by atoms with van der Waals surface area (Å²) in [5.41, 5.74) is 0.456. The van der Waals surface area contributed by atoms with Crippen molar-refractivity contribution in [1.82, 2.24) is 0 Å². The number of hydrogen-bond donors (Lipinski definition) is 0. The average molecular weight is 365 g/mol. The minimum Gasteiger partial charge on any atom is -0.467 e. The summed E-state index contributed by atoms with van der Waals surface area (Å²) in [6.07, 6.45) is 0. The van der Waals surface area contributed by atoms with E-state index in [9.17, 15) is 9.36 Å². The largest absolute Gasteiger partial charge is 0.467 e. The van der Waals surface area contributed by atoms with Gasteiger partial charge in [0.25, 0.3) is 0 Å². The van der Waals surface area contributed by atoms with E-state index in [4.69, 9.17) is 13.8 Å². The molecule has 0 amide bonds. The molecule has 1 atom stereocenters. The number of esters is 1. The van der Waals surface area contributed by atoms with Gasteiger partial charge in [-0.1, -0.05) is 46.3 Å². The molecule has 0 bridgehead atoms. The number of ether oxygens (including phenoxy) is 1. The number of rotatable bonds is 7. The Kier molecular flexibility index (Phi) is 6.40. The van der Waals surface area contributed by atoms with Gasteiger partial charge < -0.3 is 13.8 Å². The first-order chi connectivity index (χ1) is 9.46. The highest BCUT2D eigenvalue weighted by Gasteiger charge is 2.57. The zero-order valence-electron chi connectivity index (χ0n) is 11.7. The smallest absolute Gasteiger partial charge is 0.363 e. The zero-order valence-corrected chi connectivity index (χ0v) is 14.1. The molecule has 5 nitrogen and oxygen atoms in total. The van der Waals surface area contributed by atoms with E-state index in [-0.39, 0.29) is 13.2 Å². The Balaban J connectivity index is 3.44. The molecule has 0 aliphatic heterocycles. The number of benzene rings is 1. The maximum atomic E-state index is 13.0. The van der Waals surface area contributed by atoms with Crippen LogP contribution in [0.2, 0.25) is 0 Å². The van der Waals surface area contributed by atoms with Gasteiger partial charge in [0.05, 0.1) is 20.3 Å². The van der Waals surface area contributed by atoms with Gasteiger partial charge in [0.2, 0.25) is 4.07 Å². The van der Waals surface area contributed by atoms with Crippen molar-refractivity contribution in [3.05, 3.63) is 35.9 Å². The molecule has 0 aliphatic rings. The van der Waals surface area contributed by atoms with Crippen LogP contribution in [-0.4, -0.2) is 26.3 Å². The maximum Gasteiger partial charge on any atom is 0.363 e. The zero-order chi connectivity index (χ0) is 15.2. The third-order valence-corrected chi connectivity index (χ3v) is 7.06. The second-order valence-electron chi connectivity index (χ2n) is 3.81. The Morgan fingerprint density at radius 3 is 2.10 bits per heavy atom. The van der Waals surface area contributed by atoms with Crippen LogP contribution < -0.4 is 0 Å². The molecular formula is C13H18BrO5P. The Labute approximate surface area is 127 Å². The summed E-state index contributed by atoms with van der Waals surface area (Å²) in [7, 11) is -2.57. The van der Waals surface area contributed by atoms with E-state index in [2.05, 4.69) is 15.9 Å². The Morgan fingerprint density at radius 1 is 1.20 bits per heavy atom. The van der Waals surface area contributed by atoms with Crippen LogP contribution in [0.3, 0.4) is 0 Å². The van der Waals surface area contributed by atoms with Gasteiger partial charge in [-0.3, -0.25) is 4.57 Å². The summed E-state index contributed by atoms with van der Waals surface area (Å²) in [5.74, 6) is -0.728. The first-order valence-corrected chi connectivity index (χ1v) is 8.51. The molecule has 1 rings (SSSR count). The van der Waals surface area contributed by atoms with Gasteiger partial charge in [-0.05, 0) is 19.4 Å². The highest BCUT2D eigenvalue weighted by Crippen LogP contribution is 2.68. The Morgan fingerprint density at radius 2 is 1.70 bits per heavy atom. The van der Waals surface area contributed by atoms with E-state index in [0.29, 0.717) is 5.56 Å². The molecule has 1 unspecified atom stereocenters. The van der Waals surface area contributed by atoms with Gasteiger partial charge in [0, 0.05) is 0 Å². The number of alkyl halides is 1. The van der Waals surface area contributed by atoms with Crippen LogP contribution in [0.5, 0.6) is 0 Å². The number of methoxy groups -OCH3 is 1. The van der Waals surface area contributed by atoms with Crippen LogP contribution >= 0.6 is 23.5 Å². The van der Waals surface area contributed by atoms with Crippen molar-refractivity contribution < 1.29 is 23.1 Å². The molecule has 0 aliphatic carbocycles. The fraction of sp³-hybridized carbons (Fsp3) is 0.462. The third kappa shape index (κ3) is 3.14. The monoisotopic (exact) mass is 364 g/mol. The second-order valence-corrected chi connectivity index (χ2v) is 7.80. The predicted octanol–water partition coefficient (Wildman–Crippen LogP) is 3.67. The number of hydrogen-bond acceptors (Lipinski definition) is 5. The van der Waals surface area contributed by atoms with Gasteiger partial charge in [0.15, 0.2) is 0 Å². The quantitative estimate of drug-likeness (QED) is 0.419. The Bertz CT molecular complexity index is 483. The van der Waals surface area contributed by atoms with Crippen molar-refractivity contribution in [3.8, 4) is 0 Å². The topological polar surface area (TPSA) is 61.8 Å². The van der Waals surface area contributed by atoms with E-state index in [1.165, 1.54) is 7.11 Å². The summed E-state index contributed by atoms with van der Waals surface area (Å²) in [5, 5.41) is 0. The molecule has 0 fully saturated rings. The van der Waals surface area contributed by atoms with Crippen LogP contribution in [0.1, 0.15) is 19.4 Å². The van der Waals surface area contributed by atoms with Gasteiger partial charge >= 0.3 is 13.6 Å². The van der Waals surface area contributed by atoms with Crippen molar-refractivity contribution in [2.75, 3.05) is 20.3 Å². The summed E-state index contributed by atoms with van der Waals surface area (Å²) >= 11 is 3.26. The normalized spacial score (nSPS) is 14.6. The molecular weight excluding hydrogens is 347 g/mol.